The lowest BCUT2D eigenvalue weighted by atomic mass is 10.4. The van der Waals surface area contributed by atoms with E-state index in [0.717, 1.165) is 12.8 Å². The Morgan fingerprint density at radius 2 is 2.07 bits per heavy atom. The molecule has 1 aromatic heterocycles. The number of nitrogens with zero attached hydrogens (tertiary/aromatic N) is 2. The molecule has 1 aromatic rings. The minimum absolute atomic E-state index is 0.153. The molecule has 15 heavy (non-hydrogen) atoms. The first-order valence-corrected chi connectivity index (χ1v) is 4.92. The fraction of sp³-hybridized carbons (Fsp3) is 0.556. The molecule has 84 valence electrons. The molecular formula is C9H17N5O. The smallest absolute Gasteiger partial charge is 0.244 e. The molecular weight excluding hydrogens is 194 g/mol. The zero-order chi connectivity index (χ0) is 11.3. The molecule has 6 heteroatoms. The van der Waals surface area contributed by atoms with E-state index in [9.17, 15) is 0 Å². The maximum absolute atomic E-state index is 5.78. The Hall–Kier alpha value is -1.72. The quantitative estimate of drug-likeness (QED) is 0.625. The third-order valence-electron chi connectivity index (χ3n) is 1.90. The van der Waals surface area contributed by atoms with Crippen molar-refractivity contribution >= 4 is 17.5 Å². The normalized spacial score (nSPS) is 10.0. The average molecular weight is 211 g/mol. The maximum atomic E-state index is 5.78. The van der Waals surface area contributed by atoms with E-state index in [2.05, 4.69) is 22.2 Å². The summed E-state index contributed by atoms with van der Waals surface area (Å²) < 4.78 is 5.40. The van der Waals surface area contributed by atoms with Gasteiger partial charge in [0.25, 0.3) is 0 Å². The highest BCUT2D eigenvalue weighted by molar-refractivity contribution is 5.68. The van der Waals surface area contributed by atoms with Crippen molar-refractivity contribution in [2.24, 2.45) is 0 Å². The van der Waals surface area contributed by atoms with Gasteiger partial charge >= 0.3 is 0 Å². The topological polar surface area (TPSA) is 99.1 Å². The highest BCUT2D eigenvalue weighted by Crippen LogP contribution is 2.26. The molecule has 0 radical (unpaired) electrons. The SMILES string of the molecule is CCCCOc1nc(N)nc(NC)c1N. The molecule has 0 spiro atoms. The van der Waals surface area contributed by atoms with Crippen molar-refractivity contribution in [3.63, 3.8) is 0 Å². The van der Waals surface area contributed by atoms with Crippen LogP contribution in [0.15, 0.2) is 0 Å². The van der Waals surface area contributed by atoms with Crippen molar-refractivity contribution in [1.29, 1.82) is 0 Å². The van der Waals surface area contributed by atoms with Crippen LogP contribution < -0.4 is 21.5 Å². The van der Waals surface area contributed by atoms with Crippen molar-refractivity contribution in [2.45, 2.75) is 19.8 Å². The van der Waals surface area contributed by atoms with Gasteiger partial charge in [0, 0.05) is 7.05 Å². The van der Waals surface area contributed by atoms with Gasteiger partial charge in [-0.2, -0.15) is 9.97 Å². The van der Waals surface area contributed by atoms with Crippen LogP contribution in [-0.4, -0.2) is 23.6 Å². The van der Waals surface area contributed by atoms with Gasteiger partial charge in [0.2, 0.25) is 11.8 Å². The zero-order valence-corrected chi connectivity index (χ0v) is 9.08. The number of anilines is 3. The summed E-state index contributed by atoms with van der Waals surface area (Å²) in [5.41, 5.74) is 11.7. The fourth-order valence-electron chi connectivity index (χ4n) is 1.08. The van der Waals surface area contributed by atoms with Crippen LogP contribution >= 0.6 is 0 Å². The lowest BCUT2D eigenvalue weighted by molar-refractivity contribution is 0.300. The Bertz CT molecular complexity index is 329. The predicted octanol–water partition coefficient (Wildman–Crippen LogP) is 0.862. The first-order chi connectivity index (χ1) is 7.19. The van der Waals surface area contributed by atoms with Gasteiger partial charge in [-0.3, -0.25) is 0 Å². The summed E-state index contributed by atoms with van der Waals surface area (Å²) in [7, 11) is 1.72. The van der Waals surface area contributed by atoms with Crippen molar-refractivity contribution < 1.29 is 4.74 Å². The van der Waals surface area contributed by atoms with Gasteiger partial charge in [-0.15, -0.1) is 0 Å². The second-order valence-corrected chi connectivity index (χ2v) is 3.10. The Balaban J connectivity index is 2.81. The van der Waals surface area contributed by atoms with E-state index < -0.39 is 0 Å². The Morgan fingerprint density at radius 1 is 1.33 bits per heavy atom. The molecule has 0 saturated carbocycles. The van der Waals surface area contributed by atoms with Crippen molar-refractivity contribution in [3.8, 4) is 5.88 Å². The molecule has 0 aromatic carbocycles. The molecule has 0 aliphatic carbocycles. The first kappa shape index (κ1) is 11.4. The summed E-state index contributed by atoms with van der Waals surface area (Å²) in [5.74, 6) is 0.995. The van der Waals surface area contributed by atoms with Crippen LogP contribution in [0.2, 0.25) is 0 Å². The Kier molecular flexibility index (Phi) is 3.96. The molecule has 0 aliphatic heterocycles. The van der Waals surface area contributed by atoms with E-state index in [1.807, 2.05) is 0 Å². The third-order valence-corrected chi connectivity index (χ3v) is 1.90. The van der Waals surface area contributed by atoms with E-state index in [4.69, 9.17) is 16.2 Å². The number of hydrogen-bond donors (Lipinski definition) is 3. The van der Waals surface area contributed by atoms with E-state index in [-0.39, 0.29) is 5.95 Å². The van der Waals surface area contributed by atoms with Gasteiger partial charge in [0.1, 0.15) is 5.69 Å². The summed E-state index contributed by atoms with van der Waals surface area (Å²) in [4.78, 5) is 7.86. The van der Waals surface area contributed by atoms with Gasteiger partial charge in [-0.05, 0) is 6.42 Å². The van der Waals surface area contributed by atoms with Crippen molar-refractivity contribution in [3.05, 3.63) is 0 Å². The summed E-state index contributed by atoms with van der Waals surface area (Å²) in [6, 6.07) is 0. The number of aromatic nitrogens is 2. The maximum Gasteiger partial charge on any atom is 0.244 e. The average Bonchev–Trinajstić information content (AvgIpc) is 2.23. The standard InChI is InChI=1S/C9H17N5O/c1-3-4-5-15-8-6(10)7(12-2)13-9(11)14-8/h3-5,10H2,1-2H3,(H3,11,12,13,14). The number of nitrogens with one attached hydrogen (secondary N) is 1. The molecule has 0 aliphatic rings. The second kappa shape index (κ2) is 5.23. The summed E-state index contributed by atoms with van der Waals surface area (Å²) in [6.07, 6.45) is 2.01. The van der Waals surface area contributed by atoms with Crippen molar-refractivity contribution in [2.75, 3.05) is 30.4 Å². The first-order valence-electron chi connectivity index (χ1n) is 4.92. The van der Waals surface area contributed by atoms with E-state index >= 15 is 0 Å². The van der Waals surface area contributed by atoms with Gasteiger partial charge in [0.05, 0.1) is 6.61 Å². The number of rotatable bonds is 5. The van der Waals surface area contributed by atoms with Crippen LogP contribution in [0.4, 0.5) is 17.5 Å². The van der Waals surface area contributed by atoms with Crippen LogP contribution in [0.25, 0.3) is 0 Å². The second-order valence-electron chi connectivity index (χ2n) is 3.10. The van der Waals surface area contributed by atoms with Gasteiger partial charge in [0.15, 0.2) is 5.82 Å². The summed E-state index contributed by atoms with van der Waals surface area (Å²) in [5, 5.41) is 2.83. The molecule has 0 unspecified atom stereocenters. The molecule has 0 atom stereocenters. The molecule has 0 bridgehead atoms. The van der Waals surface area contributed by atoms with E-state index in [1.165, 1.54) is 0 Å². The summed E-state index contributed by atoms with van der Waals surface area (Å²) >= 11 is 0. The molecule has 0 saturated heterocycles. The highest BCUT2D eigenvalue weighted by Gasteiger charge is 2.10. The lowest BCUT2D eigenvalue weighted by Gasteiger charge is -2.10. The number of unbranched alkanes of at least 4 members (excludes halogenated alkanes) is 1. The fourth-order valence-corrected chi connectivity index (χ4v) is 1.08. The molecule has 0 amide bonds. The Labute approximate surface area is 89.0 Å². The van der Waals surface area contributed by atoms with Crippen LogP contribution in [0.3, 0.4) is 0 Å². The lowest BCUT2D eigenvalue weighted by Crippen LogP contribution is -2.09. The molecule has 5 N–H and O–H groups in total. The number of nitrogen functional groups attached to an aromatic ring is 2. The van der Waals surface area contributed by atoms with Gasteiger partial charge in [-0.25, -0.2) is 0 Å². The van der Waals surface area contributed by atoms with Gasteiger partial charge < -0.3 is 21.5 Å². The van der Waals surface area contributed by atoms with E-state index in [0.29, 0.717) is 24.0 Å². The number of nitrogens with two attached hydrogens (primary N) is 2. The van der Waals surface area contributed by atoms with Crippen LogP contribution in [0.1, 0.15) is 19.8 Å². The summed E-state index contributed by atoms with van der Waals surface area (Å²) in [6.45, 7) is 2.67. The minimum atomic E-state index is 0.153. The van der Waals surface area contributed by atoms with Crippen molar-refractivity contribution in [1.82, 2.24) is 9.97 Å². The zero-order valence-electron chi connectivity index (χ0n) is 9.08. The monoisotopic (exact) mass is 211 g/mol. The largest absolute Gasteiger partial charge is 0.476 e. The van der Waals surface area contributed by atoms with Crippen LogP contribution in [0, 0.1) is 0 Å². The number of hydrogen-bond acceptors (Lipinski definition) is 6. The molecule has 6 nitrogen and oxygen atoms in total. The molecule has 1 rings (SSSR count). The highest BCUT2D eigenvalue weighted by atomic mass is 16.5. The van der Waals surface area contributed by atoms with Crippen LogP contribution in [0.5, 0.6) is 5.88 Å². The minimum Gasteiger partial charge on any atom is -0.476 e. The van der Waals surface area contributed by atoms with Crippen LogP contribution in [-0.2, 0) is 0 Å². The van der Waals surface area contributed by atoms with Gasteiger partial charge in [-0.1, -0.05) is 13.3 Å². The Morgan fingerprint density at radius 3 is 2.67 bits per heavy atom. The third kappa shape index (κ3) is 2.87. The predicted molar refractivity (Wildman–Crippen MR) is 60.8 cm³/mol. The molecule has 0 fully saturated rings. The van der Waals surface area contributed by atoms with E-state index in [1.54, 1.807) is 7.05 Å². The molecule has 1 heterocycles. The number of ether oxygens (including phenoxy) is 1.